The van der Waals surface area contributed by atoms with E-state index in [9.17, 15) is 0 Å². The van der Waals surface area contributed by atoms with Crippen molar-refractivity contribution in [3.8, 4) is 0 Å². The second kappa shape index (κ2) is 35.4. The summed E-state index contributed by atoms with van der Waals surface area (Å²) in [5.41, 5.74) is 0. The van der Waals surface area contributed by atoms with Crippen molar-refractivity contribution in [1.82, 2.24) is 0 Å². The second-order valence-electron chi connectivity index (χ2n) is 11.4. The van der Waals surface area contributed by atoms with Crippen molar-refractivity contribution in [3.05, 3.63) is 12.3 Å². The van der Waals surface area contributed by atoms with Crippen LogP contribution in [-0.4, -0.2) is 32.9 Å². The first-order valence-corrected chi connectivity index (χ1v) is 17.4. The molecule has 39 heavy (non-hydrogen) atoms. The van der Waals surface area contributed by atoms with Crippen molar-refractivity contribution in [2.75, 3.05) is 26.6 Å². The minimum absolute atomic E-state index is 0.0997. The maximum Gasteiger partial charge on any atom is 0.188 e. The number of allylic oxidation sites excluding steroid dienone is 1. The van der Waals surface area contributed by atoms with Crippen molar-refractivity contribution >= 4 is 0 Å². The summed E-state index contributed by atoms with van der Waals surface area (Å²) in [6, 6.07) is 0. The number of ether oxygens (including phenoxy) is 4. The highest BCUT2D eigenvalue weighted by Crippen LogP contribution is 2.13. The van der Waals surface area contributed by atoms with Gasteiger partial charge in [-0.1, -0.05) is 149 Å². The van der Waals surface area contributed by atoms with E-state index in [1.165, 1.54) is 128 Å². The van der Waals surface area contributed by atoms with Gasteiger partial charge in [0.15, 0.2) is 13.1 Å². The molecule has 0 aliphatic rings. The van der Waals surface area contributed by atoms with E-state index in [1.807, 2.05) is 0 Å². The van der Waals surface area contributed by atoms with Gasteiger partial charge in [0, 0.05) is 19.6 Å². The van der Waals surface area contributed by atoms with E-state index < -0.39 is 0 Å². The van der Waals surface area contributed by atoms with Gasteiger partial charge in [-0.05, 0) is 31.8 Å². The van der Waals surface area contributed by atoms with Gasteiger partial charge in [0.1, 0.15) is 0 Å². The molecule has 4 heteroatoms. The summed E-state index contributed by atoms with van der Waals surface area (Å²) in [7, 11) is 0. The third-order valence-electron chi connectivity index (χ3n) is 7.41. The Morgan fingerprint density at radius 2 is 0.846 bits per heavy atom. The van der Waals surface area contributed by atoms with Crippen LogP contribution in [0.2, 0.25) is 0 Å². The van der Waals surface area contributed by atoms with E-state index in [1.54, 1.807) is 6.26 Å². The van der Waals surface area contributed by atoms with E-state index in [0.717, 1.165) is 51.9 Å². The van der Waals surface area contributed by atoms with Crippen LogP contribution < -0.4 is 0 Å². The van der Waals surface area contributed by atoms with Gasteiger partial charge in [-0.3, -0.25) is 0 Å². The molecule has 0 aromatic rings. The Labute approximate surface area is 245 Å². The third kappa shape index (κ3) is 33.5. The van der Waals surface area contributed by atoms with Crippen molar-refractivity contribution in [1.29, 1.82) is 0 Å². The van der Waals surface area contributed by atoms with Crippen LogP contribution in [-0.2, 0) is 18.9 Å². The zero-order valence-corrected chi connectivity index (χ0v) is 26.9. The molecule has 0 amide bonds. The van der Waals surface area contributed by atoms with E-state index >= 15 is 0 Å². The summed E-state index contributed by atoms with van der Waals surface area (Å²) in [6.07, 6.45) is 35.8. The van der Waals surface area contributed by atoms with Gasteiger partial charge in [-0.15, -0.1) is 0 Å². The number of unbranched alkanes of at least 4 members (excludes halogenated alkanes) is 20. The lowest BCUT2D eigenvalue weighted by atomic mass is 10.1. The predicted octanol–water partition coefficient (Wildman–Crippen LogP) is 11.7. The summed E-state index contributed by atoms with van der Waals surface area (Å²) in [5.74, 6) is 0. The van der Waals surface area contributed by atoms with Gasteiger partial charge in [0.25, 0.3) is 0 Å². The van der Waals surface area contributed by atoms with Crippen molar-refractivity contribution in [2.45, 2.75) is 188 Å². The van der Waals surface area contributed by atoms with Crippen LogP contribution in [0.15, 0.2) is 12.3 Å². The maximum absolute atomic E-state index is 6.15. The summed E-state index contributed by atoms with van der Waals surface area (Å²) in [5, 5.41) is 0. The van der Waals surface area contributed by atoms with Gasteiger partial charge >= 0.3 is 0 Å². The van der Waals surface area contributed by atoms with Crippen LogP contribution in [0.5, 0.6) is 0 Å². The molecule has 0 atom stereocenters. The SMILES string of the molecule is CCCCCCCCCCOC(CCC=COCOCCCCCCCCC)OCCCCCCCCCC. The molecule has 0 rings (SSSR count). The molecule has 4 nitrogen and oxygen atoms in total. The molecule has 0 spiro atoms. The first-order valence-electron chi connectivity index (χ1n) is 17.4. The Hall–Kier alpha value is -0.580. The summed E-state index contributed by atoms with van der Waals surface area (Å²) in [6.45, 7) is 9.58. The second-order valence-corrected chi connectivity index (χ2v) is 11.4. The lowest BCUT2D eigenvalue weighted by Crippen LogP contribution is -2.18. The smallest absolute Gasteiger partial charge is 0.188 e. The standard InChI is InChI=1S/C35H70O4/c1-4-7-10-13-16-19-22-26-32-38-35(39-33-27-23-20-17-14-11-8-5-2)29-24-28-31-37-34-36-30-25-21-18-15-12-9-6-3/h28,31,35H,4-27,29-30,32-34H2,1-3H3. The fourth-order valence-corrected chi connectivity index (χ4v) is 4.79. The number of hydrogen-bond donors (Lipinski definition) is 0. The Morgan fingerprint density at radius 1 is 0.462 bits per heavy atom. The highest BCUT2D eigenvalue weighted by molar-refractivity contribution is 4.73. The fraction of sp³-hybridized carbons (Fsp3) is 0.943. The highest BCUT2D eigenvalue weighted by Gasteiger charge is 2.08. The largest absolute Gasteiger partial charge is 0.475 e. The lowest BCUT2D eigenvalue weighted by molar-refractivity contribution is -0.146. The molecule has 0 unspecified atom stereocenters. The van der Waals surface area contributed by atoms with Crippen LogP contribution in [0.3, 0.4) is 0 Å². The van der Waals surface area contributed by atoms with E-state index in [0.29, 0.717) is 6.79 Å². The quantitative estimate of drug-likeness (QED) is 0.0450. The Morgan fingerprint density at radius 3 is 1.28 bits per heavy atom. The van der Waals surface area contributed by atoms with Gasteiger partial charge in [0.2, 0.25) is 0 Å². The van der Waals surface area contributed by atoms with Crippen LogP contribution in [0.1, 0.15) is 181 Å². The van der Waals surface area contributed by atoms with Crippen molar-refractivity contribution in [3.63, 3.8) is 0 Å². The minimum Gasteiger partial charge on any atom is -0.475 e. The molecule has 0 N–H and O–H groups in total. The molecule has 0 saturated carbocycles. The summed E-state index contributed by atoms with van der Waals surface area (Å²) in [4.78, 5) is 0. The Balaban J connectivity index is 3.92. The Bertz CT molecular complexity index is 432. The molecule has 0 aromatic heterocycles. The van der Waals surface area contributed by atoms with Crippen LogP contribution >= 0.6 is 0 Å². The number of rotatable bonds is 34. The molecule has 0 aromatic carbocycles. The van der Waals surface area contributed by atoms with Crippen LogP contribution in [0.4, 0.5) is 0 Å². The van der Waals surface area contributed by atoms with Gasteiger partial charge < -0.3 is 18.9 Å². The first-order chi connectivity index (χ1) is 19.3. The predicted molar refractivity (Wildman–Crippen MR) is 169 cm³/mol. The third-order valence-corrected chi connectivity index (χ3v) is 7.41. The molecule has 0 aliphatic carbocycles. The molecule has 0 heterocycles. The fourth-order valence-electron chi connectivity index (χ4n) is 4.79. The van der Waals surface area contributed by atoms with Crippen LogP contribution in [0.25, 0.3) is 0 Å². The molecule has 0 saturated heterocycles. The van der Waals surface area contributed by atoms with E-state index in [-0.39, 0.29) is 6.29 Å². The van der Waals surface area contributed by atoms with E-state index in [4.69, 9.17) is 18.9 Å². The average Bonchev–Trinajstić information content (AvgIpc) is 2.95. The summed E-state index contributed by atoms with van der Waals surface area (Å²) < 4.78 is 23.4. The molecular weight excluding hydrogens is 484 g/mol. The van der Waals surface area contributed by atoms with Gasteiger partial charge in [0.05, 0.1) is 12.9 Å². The molecule has 0 bridgehead atoms. The lowest BCUT2D eigenvalue weighted by Gasteiger charge is -2.18. The van der Waals surface area contributed by atoms with E-state index in [2.05, 4.69) is 26.8 Å². The molecule has 0 aliphatic heterocycles. The summed E-state index contributed by atoms with van der Waals surface area (Å²) >= 11 is 0. The monoisotopic (exact) mass is 555 g/mol. The molecule has 234 valence electrons. The normalized spacial score (nSPS) is 11.8. The van der Waals surface area contributed by atoms with Gasteiger partial charge in [-0.25, -0.2) is 0 Å². The number of hydrogen-bond acceptors (Lipinski definition) is 4. The first kappa shape index (κ1) is 38.4. The molecular formula is C35H70O4. The van der Waals surface area contributed by atoms with Crippen molar-refractivity contribution < 1.29 is 18.9 Å². The molecule has 0 fully saturated rings. The average molecular weight is 555 g/mol. The minimum atomic E-state index is -0.0997. The highest BCUT2D eigenvalue weighted by atomic mass is 16.7. The zero-order chi connectivity index (χ0) is 28.3. The van der Waals surface area contributed by atoms with Crippen molar-refractivity contribution in [2.24, 2.45) is 0 Å². The molecule has 0 radical (unpaired) electrons. The van der Waals surface area contributed by atoms with Crippen LogP contribution in [0, 0.1) is 0 Å². The zero-order valence-electron chi connectivity index (χ0n) is 26.9. The maximum atomic E-state index is 6.15. The Kier molecular flexibility index (Phi) is 34.9. The van der Waals surface area contributed by atoms with Gasteiger partial charge in [-0.2, -0.15) is 0 Å². The topological polar surface area (TPSA) is 36.9 Å².